The molecule has 0 aliphatic carbocycles. The van der Waals surface area contributed by atoms with E-state index < -0.39 is 10.0 Å². The first-order chi connectivity index (χ1) is 11.8. The molecule has 2 aromatic carbocycles. The summed E-state index contributed by atoms with van der Waals surface area (Å²) in [5.74, 6) is -0.363. The van der Waals surface area contributed by atoms with Crippen LogP contribution in [0.2, 0.25) is 10.0 Å². The lowest BCUT2D eigenvalue weighted by Crippen LogP contribution is -2.18. The van der Waals surface area contributed by atoms with Crippen molar-refractivity contribution in [3.05, 3.63) is 63.6 Å². The SMILES string of the molecule is CNS(=O)(=O)c1ccc(CCC(=O)OCc2ccc(Cl)cc2Cl)cc1. The van der Waals surface area contributed by atoms with E-state index in [1.165, 1.54) is 19.2 Å². The molecule has 0 radical (unpaired) electrons. The van der Waals surface area contributed by atoms with E-state index in [-0.39, 0.29) is 23.9 Å². The summed E-state index contributed by atoms with van der Waals surface area (Å²) in [5.41, 5.74) is 1.53. The fourth-order valence-electron chi connectivity index (χ4n) is 2.07. The average Bonchev–Trinajstić information content (AvgIpc) is 2.59. The molecule has 2 aromatic rings. The largest absolute Gasteiger partial charge is 0.461 e. The molecule has 134 valence electrons. The van der Waals surface area contributed by atoms with Gasteiger partial charge in [0.25, 0.3) is 0 Å². The van der Waals surface area contributed by atoms with Crippen molar-refractivity contribution >= 4 is 39.2 Å². The van der Waals surface area contributed by atoms with E-state index in [1.807, 2.05) is 0 Å². The van der Waals surface area contributed by atoms with Crippen LogP contribution in [-0.4, -0.2) is 21.4 Å². The van der Waals surface area contributed by atoms with Gasteiger partial charge in [-0.05, 0) is 43.3 Å². The molecule has 0 fully saturated rings. The number of hydrogen-bond donors (Lipinski definition) is 1. The molecule has 0 aliphatic rings. The van der Waals surface area contributed by atoms with Crippen LogP contribution in [0.25, 0.3) is 0 Å². The number of esters is 1. The molecule has 25 heavy (non-hydrogen) atoms. The zero-order valence-corrected chi connectivity index (χ0v) is 15.8. The zero-order chi connectivity index (χ0) is 18.4. The Kier molecular flexibility index (Phi) is 6.84. The molecule has 1 N–H and O–H groups in total. The van der Waals surface area contributed by atoms with E-state index in [9.17, 15) is 13.2 Å². The maximum atomic E-state index is 11.8. The highest BCUT2D eigenvalue weighted by molar-refractivity contribution is 7.89. The first kappa shape index (κ1) is 19.7. The van der Waals surface area contributed by atoms with Crippen LogP contribution in [0.1, 0.15) is 17.5 Å². The summed E-state index contributed by atoms with van der Waals surface area (Å²) in [7, 11) is -2.10. The summed E-state index contributed by atoms with van der Waals surface area (Å²) in [6.07, 6.45) is 0.635. The number of ether oxygens (including phenoxy) is 1. The lowest BCUT2D eigenvalue weighted by Gasteiger charge is -2.08. The van der Waals surface area contributed by atoms with Gasteiger partial charge in [0.05, 0.1) is 4.90 Å². The summed E-state index contributed by atoms with van der Waals surface area (Å²) >= 11 is 11.8. The van der Waals surface area contributed by atoms with Gasteiger partial charge in [0.2, 0.25) is 10.0 Å². The van der Waals surface area contributed by atoms with Gasteiger partial charge in [0, 0.05) is 22.0 Å². The number of carbonyl (C=O) groups excluding carboxylic acids is 1. The maximum Gasteiger partial charge on any atom is 0.306 e. The van der Waals surface area contributed by atoms with Gasteiger partial charge in [-0.25, -0.2) is 13.1 Å². The molecular formula is C17H17Cl2NO4S. The third-order valence-electron chi connectivity index (χ3n) is 3.52. The number of benzene rings is 2. The van der Waals surface area contributed by atoms with Gasteiger partial charge in [-0.15, -0.1) is 0 Å². The van der Waals surface area contributed by atoms with Crippen molar-refractivity contribution in [1.29, 1.82) is 0 Å². The van der Waals surface area contributed by atoms with Crippen molar-refractivity contribution in [2.45, 2.75) is 24.3 Å². The minimum absolute atomic E-state index is 0.0776. The van der Waals surface area contributed by atoms with Gasteiger partial charge in [-0.1, -0.05) is 41.4 Å². The third kappa shape index (κ3) is 5.71. The van der Waals surface area contributed by atoms with Crippen LogP contribution >= 0.6 is 23.2 Å². The molecule has 0 atom stereocenters. The summed E-state index contributed by atoms with van der Waals surface area (Å²) in [6, 6.07) is 11.3. The minimum atomic E-state index is -3.46. The van der Waals surface area contributed by atoms with Crippen molar-refractivity contribution < 1.29 is 17.9 Å². The van der Waals surface area contributed by atoms with Gasteiger partial charge in [-0.3, -0.25) is 4.79 Å². The Morgan fingerprint density at radius 3 is 2.40 bits per heavy atom. The number of nitrogens with one attached hydrogen (secondary N) is 1. The molecule has 0 amide bonds. The van der Waals surface area contributed by atoms with Crippen LogP contribution in [0.3, 0.4) is 0 Å². The Hall–Kier alpha value is -1.60. The highest BCUT2D eigenvalue weighted by atomic mass is 35.5. The summed E-state index contributed by atoms with van der Waals surface area (Å²) in [6.45, 7) is 0.0776. The first-order valence-electron chi connectivity index (χ1n) is 7.44. The van der Waals surface area contributed by atoms with Crippen LogP contribution < -0.4 is 4.72 Å². The second kappa shape index (κ2) is 8.67. The van der Waals surface area contributed by atoms with Crippen molar-refractivity contribution in [3.63, 3.8) is 0 Å². The van der Waals surface area contributed by atoms with Gasteiger partial charge < -0.3 is 4.74 Å². The second-order valence-electron chi connectivity index (χ2n) is 5.25. The molecule has 2 rings (SSSR count). The lowest BCUT2D eigenvalue weighted by molar-refractivity contribution is -0.144. The van der Waals surface area contributed by atoms with Crippen LogP contribution in [0.4, 0.5) is 0 Å². The topological polar surface area (TPSA) is 72.5 Å². The van der Waals surface area contributed by atoms with E-state index in [2.05, 4.69) is 4.72 Å². The van der Waals surface area contributed by atoms with Crippen molar-refractivity contribution in [1.82, 2.24) is 4.72 Å². The quantitative estimate of drug-likeness (QED) is 0.719. The highest BCUT2D eigenvalue weighted by Crippen LogP contribution is 2.21. The van der Waals surface area contributed by atoms with E-state index in [4.69, 9.17) is 27.9 Å². The molecule has 0 aromatic heterocycles. The molecule has 0 bridgehead atoms. The number of carbonyl (C=O) groups is 1. The Labute approximate surface area is 157 Å². The van der Waals surface area contributed by atoms with Crippen molar-refractivity contribution in [2.75, 3.05) is 7.05 Å². The van der Waals surface area contributed by atoms with Gasteiger partial charge in [0.15, 0.2) is 0 Å². The Balaban J connectivity index is 1.85. The maximum absolute atomic E-state index is 11.8. The minimum Gasteiger partial charge on any atom is -0.461 e. The molecule has 5 nitrogen and oxygen atoms in total. The smallest absolute Gasteiger partial charge is 0.306 e. The predicted octanol–water partition coefficient (Wildman–Crippen LogP) is 3.58. The molecule has 0 unspecified atom stereocenters. The summed E-state index contributed by atoms with van der Waals surface area (Å²) in [4.78, 5) is 12.0. The Bertz CT molecular complexity index is 851. The number of hydrogen-bond acceptors (Lipinski definition) is 4. The van der Waals surface area contributed by atoms with Crippen LogP contribution in [0.5, 0.6) is 0 Å². The van der Waals surface area contributed by atoms with Crippen LogP contribution in [0.15, 0.2) is 47.4 Å². The normalized spacial score (nSPS) is 11.3. The molecule has 0 heterocycles. The predicted molar refractivity (Wildman–Crippen MR) is 97.3 cm³/mol. The van der Waals surface area contributed by atoms with Crippen molar-refractivity contribution in [2.24, 2.45) is 0 Å². The number of halogens is 2. The first-order valence-corrected chi connectivity index (χ1v) is 9.68. The third-order valence-corrected chi connectivity index (χ3v) is 5.54. The number of sulfonamides is 1. The van der Waals surface area contributed by atoms with E-state index in [0.717, 1.165) is 5.56 Å². The fraction of sp³-hybridized carbons (Fsp3) is 0.235. The van der Waals surface area contributed by atoms with Gasteiger partial charge in [0.1, 0.15) is 6.61 Å². The van der Waals surface area contributed by atoms with Crippen molar-refractivity contribution in [3.8, 4) is 0 Å². The molecule has 8 heteroatoms. The summed E-state index contributed by atoms with van der Waals surface area (Å²) < 4.78 is 30.7. The monoisotopic (exact) mass is 401 g/mol. The number of aryl methyl sites for hydroxylation is 1. The van der Waals surface area contributed by atoms with Gasteiger partial charge in [-0.2, -0.15) is 0 Å². The highest BCUT2D eigenvalue weighted by Gasteiger charge is 2.11. The second-order valence-corrected chi connectivity index (χ2v) is 7.98. The van der Waals surface area contributed by atoms with Crippen LogP contribution in [0, 0.1) is 0 Å². The standard InChI is InChI=1S/C17H17Cl2NO4S/c1-20-25(22,23)15-7-2-12(3-8-15)4-9-17(21)24-11-13-5-6-14(18)10-16(13)19/h2-3,5-8,10,20H,4,9,11H2,1H3. The summed E-state index contributed by atoms with van der Waals surface area (Å²) in [5, 5.41) is 0.963. The van der Waals surface area contributed by atoms with Crippen LogP contribution in [-0.2, 0) is 32.6 Å². The molecular weight excluding hydrogens is 385 g/mol. The molecule has 0 saturated carbocycles. The molecule has 0 saturated heterocycles. The van der Waals surface area contributed by atoms with Gasteiger partial charge >= 0.3 is 5.97 Å². The zero-order valence-electron chi connectivity index (χ0n) is 13.5. The Morgan fingerprint density at radius 2 is 1.80 bits per heavy atom. The van der Waals surface area contributed by atoms with E-state index >= 15 is 0 Å². The van der Waals surface area contributed by atoms with E-state index in [0.29, 0.717) is 22.0 Å². The lowest BCUT2D eigenvalue weighted by atomic mass is 10.1. The average molecular weight is 402 g/mol. The Morgan fingerprint density at radius 1 is 1.12 bits per heavy atom. The molecule has 0 aliphatic heterocycles. The van der Waals surface area contributed by atoms with E-state index in [1.54, 1.807) is 30.3 Å². The number of rotatable bonds is 7. The molecule has 0 spiro atoms. The fourth-order valence-corrected chi connectivity index (χ4v) is 3.26.